The van der Waals surface area contributed by atoms with E-state index in [1.807, 2.05) is 42.2 Å². The molecule has 5 rings (SSSR count). The number of anilines is 2. The average molecular weight is 495 g/mol. The van der Waals surface area contributed by atoms with Gasteiger partial charge in [-0.3, -0.25) is 4.98 Å². The van der Waals surface area contributed by atoms with Gasteiger partial charge in [-0.1, -0.05) is 17.7 Å². The first-order valence-electron chi connectivity index (χ1n) is 11.0. The first-order valence-corrected chi connectivity index (χ1v) is 11.4. The molecule has 2 aromatic carbocycles. The van der Waals surface area contributed by atoms with Crippen molar-refractivity contribution in [2.75, 3.05) is 25.2 Å². The molecule has 0 atom stereocenters. The van der Waals surface area contributed by atoms with Crippen LogP contribution in [0.3, 0.4) is 0 Å². The minimum absolute atomic E-state index is 0.0330. The highest BCUT2D eigenvalue weighted by atomic mass is 35.5. The fourth-order valence-electron chi connectivity index (χ4n) is 4.20. The Bertz CT molecular complexity index is 1380. The molecule has 1 aliphatic rings. The van der Waals surface area contributed by atoms with Crippen LogP contribution in [0.25, 0.3) is 11.0 Å². The molecule has 0 bridgehead atoms. The third-order valence-corrected chi connectivity index (χ3v) is 6.29. The quantitative estimate of drug-likeness (QED) is 0.347. The van der Waals surface area contributed by atoms with Gasteiger partial charge in [0.05, 0.1) is 36.6 Å². The van der Waals surface area contributed by atoms with Gasteiger partial charge in [-0.15, -0.1) is 0 Å². The van der Waals surface area contributed by atoms with Crippen molar-refractivity contribution >= 4 is 39.9 Å². The van der Waals surface area contributed by atoms with Crippen molar-refractivity contribution in [3.05, 3.63) is 82.8 Å². The second kappa shape index (κ2) is 9.22. The van der Waals surface area contributed by atoms with Gasteiger partial charge in [-0.2, -0.15) is 0 Å². The summed E-state index contributed by atoms with van der Waals surface area (Å²) in [5.41, 5.74) is 3.04. The molecular formula is C26H23ClN2O6. The van der Waals surface area contributed by atoms with Crippen LogP contribution >= 0.6 is 11.6 Å². The number of hydrogen-bond acceptors (Lipinski definition) is 7. The van der Waals surface area contributed by atoms with Crippen LogP contribution < -0.4 is 9.64 Å². The molecule has 180 valence electrons. The number of nitrogens with zero attached hydrogens (tertiary/aromatic N) is 2. The summed E-state index contributed by atoms with van der Waals surface area (Å²) < 4.78 is 23.4. The molecule has 0 amide bonds. The number of pyridine rings is 1. The predicted molar refractivity (Wildman–Crippen MR) is 131 cm³/mol. The maximum Gasteiger partial charge on any atom is 0.337 e. The van der Waals surface area contributed by atoms with E-state index < -0.39 is 11.8 Å². The van der Waals surface area contributed by atoms with Crippen molar-refractivity contribution in [2.24, 2.45) is 0 Å². The lowest BCUT2D eigenvalue weighted by molar-refractivity contribution is -0.162. The number of aromatic carboxylic acids is 1. The maximum atomic E-state index is 11.5. The molecular weight excluding hydrogens is 472 g/mol. The number of halogens is 1. The fourth-order valence-corrected chi connectivity index (χ4v) is 4.45. The van der Waals surface area contributed by atoms with E-state index in [0.717, 1.165) is 16.6 Å². The van der Waals surface area contributed by atoms with Gasteiger partial charge >= 0.3 is 5.97 Å². The van der Waals surface area contributed by atoms with Crippen molar-refractivity contribution in [3.8, 4) is 5.75 Å². The van der Waals surface area contributed by atoms with Crippen LogP contribution in [0.4, 0.5) is 11.4 Å². The summed E-state index contributed by atoms with van der Waals surface area (Å²) in [5.74, 6) is -0.993. The summed E-state index contributed by atoms with van der Waals surface area (Å²) in [4.78, 5) is 17.8. The van der Waals surface area contributed by atoms with E-state index in [2.05, 4.69) is 4.98 Å². The van der Waals surface area contributed by atoms with Gasteiger partial charge in [0.2, 0.25) is 5.79 Å². The van der Waals surface area contributed by atoms with Crippen molar-refractivity contribution in [2.45, 2.75) is 19.3 Å². The number of hydrogen-bond donors (Lipinski definition) is 1. The molecule has 8 nitrogen and oxygen atoms in total. The number of methoxy groups -OCH3 is 1. The molecule has 4 aromatic rings. The van der Waals surface area contributed by atoms with E-state index in [1.54, 1.807) is 31.6 Å². The molecule has 9 heteroatoms. The molecule has 2 aromatic heterocycles. The third-order valence-electron chi connectivity index (χ3n) is 5.98. The van der Waals surface area contributed by atoms with E-state index >= 15 is 0 Å². The minimum atomic E-state index is -1.09. The molecule has 0 spiro atoms. The Morgan fingerprint density at radius 3 is 2.66 bits per heavy atom. The highest BCUT2D eigenvalue weighted by molar-refractivity contribution is 6.33. The van der Waals surface area contributed by atoms with Crippen LogP contribution in [0.2, 0.25) is 5.02 Å². The van der Waals surface area contributed by atoms with Crippen LogP contribution in [0.15, 0.2) is 65.3 Å². The van der Waals surface area contributed by atoms with Crippen LogP contribution in [-0.4, -0.2) is 36.4 Å². The molecule has 0 unspecified atom stereocenters. The standard InChI is InChI=1S/C26H23ClN2O6/c1-26(33-10-11-34-26)23-13-19-21(7-8-22(32-2)24(19)35-23)29(15-16-4-3-9-28-14-16)17-5-6-18(25(30)31)20(27)12-17/h3-9,12-14H,10-11,15H2,1-2H3,(H,30,31). The van der Waals surface area contributed by atoms with Crippen molar-refractivity contribution in [3.63, 3.8) is 0 Å². The van der Waals surface area contributed by atoms with Crippen molar-refractivity contribution < 1.29 is 28.5 Å². The number of carbonyl (C=O) groups is 1. The average Bonchev–Trinajstić information content (AvgIpc) is 3.50. The van der Waals surface area contributed by atoms with E-state index in [-0.39, 0.29) is 10.6 Å². The van der Waals surface area contributed by atoms with Crippen LogP contribution in [-0.2, 0) is 21.8 Å². The van der Waals surface area contributed by atoms with Gasteiger partial charge in [-0.25, -0.2) is 4.79 Å². The lowest BCUT2D eigenvalue weighted by Crippen LogP contribution is -2.21. The molecule has 1 fully saturated rings. The summed E-state index contributed by atoms with van der Waals surface area (Å²) in [6, 6.07) is 14.3. The van der Waals surface area contributed by atoms with Crippen molar-refractivity contribution in [1.82, 2.24) is 4.98 Å². The smallest absolute Gasteiger partial charge is 0.337 e. The highest BCUT2D eigenvalue weighted by Crippen LogP contribution is 2.43. The zero-order valence-corrected chi connectivity index (χ0v) is 19.9. The fraction of sp³-hybridized carbons (Fsp3) is 0.231. The first-order chi connectivity index (χ1) is 16.9. The molecule has 1 N–H and O–H groups in total. The lowest BCUT2D eigenvalue weighted by Gasteiger charge is -2.26. The Kier molecular flexibility index (Phi) is 6.10. The Hall–Kier alpha value is -3.59. The van der Waals surface area contributed by atoms with Gasteiger partial charge in [0, 0.05) is 30.0 Å². The maximum absolute atomic E-state index is 11.5. The number of furan rings is 1. The predicted octanol–water partition coefficient (Wildman–Crippen LogP) is 5.75. The van der Waals surface area contributed by atoms with E-state index in [1.165, 1.54) is 6.07 Å². The summed E-state index contributed by atoms with van der Waals surface area (Å²) in [7, 11) is 1.58. The van der Waals surface area contributed by atoms with Crippen molar-refractivity contribution in [1.29, 1.82) is 0 Å². The first kappa shape index (κ1) is 23.2. The lowest BCUT2D eigenvalue weighted by atomic mass is 10.1. The molecule has 0 radical (unpaired) electrons. The van der Waals surface area contributed by atoms with Gasteiger partial charge < -0.3 is 28.6 Å². The number of fused-ring (bicyclic) bond motifs is 1. The van der Waals surface area contributed by atoms with Gasteiger partial charge in [-0.05, 0) is 55.0 Å². The number of benzene rings is 2. The number of carboxylic acid groups (broad SMARTS) is 1. The van der Waals surface area contributed by atoms with Gasteiger partial charge in [0.25, 0.3) is 0 Å². The molecule has 1 aliphatic heterocycles. The van der Waals surface area contributed by atoms with Crippen LogP contribution in [0, 0.1) is 0 Å². The minimum Gasteiger partial charge on any atom is -0.493 e. The molecule has 1 saturated heterocycles. The molecule has 0 saturated carbocycles. The second-order valence-corrected chi connectivity index (χ2v) is 8.61. The Labute approximate surface area is 206 Å². The van der Waals surface area contributed by atoms with Crippen LogP contribution in [0.5, 0.6) is 5.75 Å². The van der Waals surface area contributed by atoms with E-state index in [4.69, 9.17) is 30.2 Å². The number of carboxylic acids is 1. The van der Waals surface area contributed by atoms with Gasteiger partial charge in [0.15, 0.2) is 17.1 Å². The van der Waals surface area contributed by atoms with E-state index in [9.17, 15) is 9.90 Å². The van der Waals surface area contributed by atoms with Crippen LogP contribution in [0.1, 0.15) is 28.6 Å². The SMILES string of the molecule is COc1ccc(N(Cc2cccnc2)c2ccc(C(=O)O)c(Cl)c2)c2cc(C3(C)OCCO3)oc12. The number of rotatable bonds is 7. The van der Waals surface area contributed by atoms with E-state index in [0.29, 0.717) is 42.5 Å². The second-order valence-electron chi connectivity index (χ2n) is 8.20. The Balaban J connectivity index is 1.69. The highest BCUT2D eigenvalue weighted by Gasteiger charge is 2.37. The Morgan fingerprint density at radius 1 is 1.20 bits per heavy atom. The Morgan fingerprint density at radius 2 is 2.00 bits per heavy atom. The number of ether oxygens (including phenoxy) is 3. The third kappa shape index (κ3) is 4.32. The number of aromatic nitrogens is 1. The summed E-state index contributed by atoms with van der Waals surface area (Å²) >= 11 is 6.34. The topological polar surface area (TPSA) is 94.3 Å². The zero-order chi connectivity index (χ0) is 24.6. The summed E-state index contributed by atoms with van der Waals surface area (Å²) in [6.07, 6.45) is 3.49. The molecule has 3 heterocycles. The summed E-state index contributed by atoms with van der Waals surface area (Å²) in [5, 5.41) is 10.3. The van der Waals surface area contributed by atoms with Gasteiger partial charge in [0.1, 0.15) is 0 Å². The summed E-state index contributed by atoms with van der Waals surface area (Å²) in [6.45, 7) is 3.21. The molecule has 0 aliphatic carbocycles. The zero-order valence-electron chi connectivity index (χ0n) is 19.2. The largest absolute Gasteiger partial charge is 0.493 e. The monoisotopic (exact) mass is 494 g/mol. The molecule has 35 heavy (non-hydrogen) atoms. The normalized spacial score (nSPS) is 14.8.